The first-order valence-electron chi connectivity index (χ1n) is 6.17. The molecule has 0 spiro atoms. The molecule has 0 amide bonds. The zero-order valence-electron chi connectivity index (χ0n) is 10.2. The maximum atomic E-state index is 13.6. The van der Waals surface area contributed by atoms with Crippen LogP contribution in [0.25, 0.3) is 0 Å². The van der Waals surface area contributed by atoms with Gasteiger partial charge in [0.05, 0.1) is 12.2 Å². The molecule has 2 aromatic rings. The van der Waals surface area contributed by atoms with Crippen LogP contribution in [-0.2, 0) is 13.0 Å². The van der Waals surface area contributed by atoms with Crippen molar-refractivity contribution in [2.75, 3.05) is 0 Å². The van der Waals surface area contributed by atoms with Crippen molar-refractivity contribution in [2.24, 2.45) is 0 Å². The van der Waals surface area contributed by atoms with Crippen LogP contribution in [0.15, 0.2) is 28.8 Å². The van der Waals surface area contributed by atoms with Crippen molar-refractivity contribution in [3.05, 3.63) is 52.7 Å². The Kier molecular flexibility index (Phi) is 2.88. The number of nitrogens with zero attached hydrogens (tertiary/aromatic N) is 1. The number of halogens is 1. The van der Waals surface area contributed by atoms with Crippen molar-refractivity contribution >= 4 is 0 Å². The third-order valence-corrected chi connectivity index (χ3v) is 3.41. The maximum Gasteiger partial charge on any atom is 0.150 e. The molecule has 0 aliphatic heterocycles. The summed E-state index contributed by atoms with van der Waals surface area (Å²) in [4.78, 5) is 0. The van der Waals surface area contributed by atoms with Crippen LogP contribution in [0.1, 0.15) is 35.0 Å². The van der Waals surface area contributed by atoms with E-state index in [1.54, 1.807) is 6.07 Å². The average molecular weight is 246 g/mol. The van der Waals surface area contributed by atoms with E-state index in [0.717, 1.165) is 35.4 Å². The Balaban J connectivity index is 1.71. The van der Waals surface area contributed by atoms with Gasteiger partial charge >= 0.3 is 0 Å². The van der Waals surface area contributed by atoms with Crippen LogP contribution in [0.4, 0.5) is 4.39 Å². The molecule has 0 radical (unpaired) electrons. The lowest BCUT2D eigenvalue weighted by Gasteiger charge is -2.12. The number of benzene rings is 1. The monoisotopic (exact) mass is 246 g/mol. The maximum absolute atomic E-state index is 13.6. The standard InChI is InChI=1S/C14H15FN2O/c1-9-7-10(18-17-9)8-16-14-6-5-11-12(14)3-2-4-13(11)15/h2-4,7,14,16H,5-6,8H2,1H3. The van der Waals surface area contributed by atoms with E-state index < -0.39 is 0 Å². The Morgan fingerprint density at radius 3 is 3.17 bits per heavy atom. The van der Waals surface area contributed by atoms with Gasteiger partial charge in [0, 0.05) is 12.1 Å². The molecule has 3 rings (SSSR count). The molecule has 0 saturated carbocycles. The number of aryl methyl sites for hydroxylation is 1. The zero-order valence-corrected chi connectivity index (χ0v) is 10.2. The minimum absolute atomic E-state index is 0.0905. The molecule has 3 nitrogen and oxygen atoms in total. The van der Waals surface area contributed by atoms with E-state index in [4.69, 9.17) is 4.52 Å². The molecule has 1 aliphatic carbocycles. The number of hydrogen-bond acceptors (Lipinski definition) is 3. The van der Waals surface area contributed by atoms with Crippen molar-refractivity contribution < 1.29 is 8.91 Å². The second-order valence-corrected chi connectivity index (χ2v) is 4.71. The molecule has 18 heavy (non-hydrogen) atoms. The zero-order chi connectivity index (χ0) is 12.5. The molecular formula is C14H15FN2O. The predicted octanol–water partition coefficient (Wildman–Crippen LogP) is 2.90. The summed E-state index contributed by atoms with van der Waals surface area (Å²) >= 11 is 0. The number of nitrogens with one attached hydrogen (secondary N) is 1. The van der Waals surface area contributed by atoms with Gasteiger partial charge in [0.25, 0.3) is 0 Å². The van der Waals surface area contributed by atoms with E-state index in [1.807, 2.05) is 19.1 Å². The topological polar surface area (TPSA) is 38.1 Å². The van der Waals surface area contributed by atoms with Gasteiger partial charge in [0.2, 0.25) is 0 Å². The summed E-state index contributed by atoms with van der Waals surface area (Å²) in [6.07, 6.45) is 1.73. The minimum atomic E-state index is -0.0905. The van der Waals surface area contributed by atoms with Crippen LogP contribution in [0, 0.1) is 12.7 Å². The van der Waals surface area contributed by atoms with E-state index in [9.17, 15) is 4.39 Å². The highest BCUT2D eigenvalue weighted by atomic mass is 19.1. The van der Waals surface area contributed by atoms with Crippen LogP contribution in [0.2, 0.25) is 0 Å². The van der Waals surface area contributed by atoms with Gasteiger partial charge in [-0.05, 0) is 37.0 Å². The van der Waals surface area contributed by atoms with Gasteiger partial charge in [0.15, 0.2) is 5.76 Å². The summed E-state index contributed by atoms with van der Waals surface area (Å²) in [7, 11) is 0. The molecule has 1 aromatic heterocycles. The first-order chi connectivity index (χ1) is 8.74. The van der Waals surface area contributed by atoms with Gasteiger partial charge in [-0.15, -0.1) is 0 Å². The number of rotatable bonds is 3. The van der Waals surface area contributed by atoms with E-state index in [0.29, 0.717) is 6.54 Å². The normalized spacial score (nSPS) is 18.0. The predicted molar refractivity (Wildman–Crippen MR) is 65.5 cm³/mol. The second-order valence-electron chi connectivity index (χ2n) is 4.71. The van der Waals surface area contributed by atoms with Crippen LogP contribution >= 0.6 is 0 Å². The van der Waals surface area contributed by atoms with Gasteiger partial charge in [-0.1, -0.05) is 17.3 Å². The van der Waals surface area contributed by atoms with Gasteiger partial charge < -0.3 is 9.84 Å². The molecule has 1 unspecified atom stereocenters. The fourth-order valence-corrected chi connectivity index (χ4v) is 2.55. The Bertz CT molecular complexity index is 565. The third kappa shape index (κ3) is 2.04. The lowest BCUT2D eigenvalue weighted by Crippen LogP contribution is -2.18. The van der Waals surface area contributed by atoms with Crippen LogP contribution in [-0.4, -0.2) is 5.16 Å². The smallest absolute Gasteiger partial charge is 0.150 e. The molecule has 1 heterocycles. The van der Waals surface area contributed by atoms with Crippen LogP contribution < -0.4 is 5.32 Å². The third-order valence-electron chi connectivity index (χ3n) is 3.41. The minimum Gasteiger partial charge on any atom is -0.360 e. The molecule has 0 saturated heterocycles. The summed E-state index contributed by atoms with van der Waals surface area (Å²) in [5.41, 5.74) is 2.81. The van der Waals surface area contributed by atoms with E-state index in [2.05, 4.69) is 10.5 Å². The molecule has 1 aliphatic rings. The summed E-state index contributed by atoms with van der Waals surface area (Å²) < 4.78 is 18.7. The highest BCUT2D eigenvalue weighted by Gasteiger charge is 2.24. The van der Waals surface area contributed by atoms with E-state index in [-0.39, 0.29) is 11.9 Å². The average Bonchev–Trinajstić information content (AvgIpc) is 2.94. The van der Waals surface area contributed by atoms with Crippen molar-refractivity contribution in [2.45, 2.75) is 32.4 Å². The molecule has 1 N–H and O–H groups in total. The SMILES string of the molecule is Cc1cc(CNC2CCc3c(F)cccc32)on1. The number of aromatic nitrogens is 1. The fraction of sp³-hybridized carbons (Fsp3) is 0.357. The highest BCUT2D eigenvalue weighted by Crippen LogP contribution is 2.32. The van der Waals surface area contributed by atoms with Gasteiger partial charge in [-0.3, -0.25) is 0 Å². The van der Waals surface area contributed by atoms with Crippen molar-refractivity contribution in [1.82, 2.24) is 10.5 Å². The summed E-state index contributed by atoms with van der Waals surface area (Å²) in [6, 6.07) is 7.41. The van der Waals surface area contributed by atoms with Crippen molar-refractivity contribution in [3.63, 3.8) is 0 Å². The van der Waals surface area contributed by atoms with Gasteiger partial charge in [0.1, 0.15) is 5.82 Å². The van der Waals surface area contributed by atoms with E-state index >= 15 is 0 Å². The number of hydrogen-bond donors (Lipinski definition) is 1. The Hall–Kier alpha value is -1.68. The second kappa shape index (κ2) is 4.53. The Morgan fingerprint density at radius 1 is 1.50 bits per heavy atom. The summed E-state index contributed by atoms with van der Waals surface area (Å²) in [5, 5.41) is 7.24. The lowest BCUT2D eigenvalue weighted by atomic mass is 10.1. The Morgan fingerprint density at radius 2 is 2.39 bits per heavy atom. The first kappa shape index (κ1) is 11.4. The first-order valence-corrected chi connectivity index (χ1v) is 6.17. The summed E-state index contributed by atoms with van der Waals surface area (Å²) in [5.74, 6) is 0.727. The molecule has 1 atom stereocenters. The Labute approximate surface area is 105 Å². The number of fused-ring (bicyclic) bond motifs is 1. The highest BCUT2D eigenvalue weighted by molar-refractivity contribution is 5.35. The molecular weight excluding hydrogens is 231 g/mol. The molecule has 0 bridgehead atoms. The lowest BCUT2D eigenvalue weighted by molar-refractivity contribution is 0.360. The van der Waals surface area contributed by atoms with Gasteiger partial charge in [-0.25, -0.2) is 4.39 Å². The van der Waals surface area contributed by atoms with E-state index in [1.165, 1.54) is 6.07 Å². The van der Waals surface area contributed by atoms with Crippen LogP contribution in [0.3, 0.4) is 0 Å². The largest absolute Gasteiger partial charge is 0.360 e. The molecule has 1 aromatic carbocycles. The molecule has 0 fully saturated rings. The summed E-state index contributed by atoms with van der Waals surface area (Å²) in [6.45, 7) is 2.52. The molecule has 94 valence electrons. The fourth-order valence-electron chi connectivity index (χ4n) is 2.55. The van der Waals surface area contributed by atoms with Gasteiger partial charge in [-0.2, -0.15) is 0 Å². The van der Waals surface area contributed by atoms with Crippen molar-refractivity contribution in [3.8, 4) is 0 Å². The molecule has 4 heteroatoms. The van der Waals surface area contributed by atoms with Crippen molar-refractivity contribution in [1.29, 1.82) is 0 Å². The quantitative estimate of drug-likeness (QED) is 0.905. The van der Waals surface area contributed by atoms with Crippen LogP contribution in [0.5, 0.6) is 0 Å².